The fourth-order valence-corrected chi connectivity index (χ4v) is 4.40. The van der Waals surface area contributed by atoms with E-state index in [4.69, 9.17) is 16.5 Å². The number of nitrogen functional groups attached to an aromatic ring is 1. The first-order valence-electron chi connectivity index (χ1n) is 11.2. The molecule has 0 spiro atoms. The minimum atomic E-state index is 0.105. The Kier molecular flexibility index (Phi) is 6.56. The van der Waals surface area contributed by atoms with Gasteiger partial charge in [-0.05, 0) is 73.6 Å². The second kappa shape index (κ2) is 9.69. The minimum Gasteiger partial charge on any atom is -0.402 e. The molecule has 3 aromatic rings. The van der Waals surface area contributed by atoms with Crippen molar-refractivity contribution in [1.29, 1.82) is 0 Å². The van der Waals surface area contributed by atoms with E-state index < -0.39 is 0 Å². The highest BCUT2D eigenvalue weighted by Gasteiger charge is 2.18. The Hall–Kier alpha value is -3.27. The van der Waals surface area contributed by atoms with E-state index in [2.05, 4.69) is 60.8 Å². The summed E-state index contributed by atoms with van der Waals surface area (Å²) in [6, 6.07) is 22.8. The summed E-state index contributed by atoms with van der Waals surface area (Å²) in [5.74, 6) is 1.39. The van der Waals surface area contributed by atoms with Gasteiger partial charge in [0.15, 0.2) is 0 Å². The third kappa shape index (κ3) is 5.66. The smallest absolute Gasteiger partial charge is 0.127 e. The maximum absolute atomic E-state index is 6.39. The van der Waals surface area contributed by atoms with Crippen LogP contribution in [-0.2, 0) is 6.42 Å². The fourth-order valence-electron chi connectivity index (χ4n) is 4.40. The Morgan fingerprint density at radius 1 is 1.03 bits per heavy atom. The van der Waals surface area contributed by atoms with Gasteiger partial charge in [-0.1, -0.05) is 55.3 Å². The molecule has 1 aliphatic rings. The van der Waals surface area contributed by atoms with Crippen molar-refractivity contribution < 1.29 is 0 Å². The molecule has 1 heterocycles. The number of hydrogen-bond acceptors (Lipinski definition) is 4. The van der Waals surface area contributed by atoms with Crippen LogP contribution in [0.3, 0.4) is 0 Å². The Labute approximate surface area is 185 Å². The lowest BCUT2D eigenvalue weighted by molar-refractivity contribution is 0.629. The number of benzene rings is 2. The third-order valence-electron chi connectivity index (χ3n) is 5.96. The van der Waals surface area contributed by atoms with Crippen LogP contribution in [0.5, 0.6) is 0 Å². The molecule has 1 aliphatic carbocycles. The van der Waals surface area contributed by atoms with Crippen LogP contribution in [0.2, 0.25) is 0 Å². The van der Waals surface area contributed by atoms with Crippen molar-refractivity contribution >= 4 is 11.5 Å². The highest BCUT2D eigenvalue weighted by Crippen LogP contribution is 2.29. The van der Waals surface area contributed by atoms with Crippen molar-refractivity contribution in [2.75, 3.05) is 11.1 Å². The average molecular weight is 413 g/mol. The topological polar surface area (TPSA) is 77.0 Å². The number of nitrogens with one attached hydrogen (secondary N) is 1. The predicted molar refractivity (Wildman–Crippen MR) is 131 cm³/mol. The number of anilines is 2. The van der Waals surface area contributed by atoms with Crippen LogP contribution in [0.15, 0.2) is 78.5 Å². The Morgan fingerprint density at radius 3 is 2.55 bits per heavy atom. The van der Waals surface area contributed by atoms with Crippen molar-refractivity contribution in [3.8, 4) is 11.3 Å². The molecule has 1 aromatic heterocycles. The molecule has 0 aliphatic heterocycles. The lowest BCUT2D eigenvalue weighted by atomic mass is 10.0. The van der Waals surface area contributed by atoms with Gasteiger partial charge in [0, 0.05) is 23.0 Å². The summed E-state index contributed by atoms with van der Waals surface area (Å²) in [6.07, 6.45) is 7.99. The van der Waals surface area contributed by atoms with Gasteiger partial charge in [-0.3, -0.25) is 0 Å². The fraction of sp³-hybridized carbons (Fsp3) is 0.296. The van der Waals surface area contributed by atoms with Crippen molar-refractivity contribution in [3.63, 3.8) is 0 Å². The van der Waals surface area contributed by atoms with E-state index in [9.17, 15) is 0 Å². The van der Waals surface area contributed by atoms with Crippen molar-refractivity contribution in [2.24, 2.45) is 11.7 Å². The summed E-state index contributed by atoms with van der Waals surface area (Å²) < 4.78 is 0. The van der Waals surface area contributed by atoms with Crippen LogP contribution in [0.25, 0.3) is 11.3 Å². The standard InChI is InChI=1S/C27H32N4/c1-19(14-25(29)22-10-5-6-11-22)30-27-17-21(15-20-8-3-2-4-9-20)16-26(31-27)23-12-7-13-24(28)18-23/h2-4,7-9,12-14,16-19,22H,5-6,10-11,15,28-29H2,1H3,(H,30,31)/b25-14-. The Morgan fingerprint density at radius 2 is 1.81 bits per heavy atom. The van der Waals surface area contributed by atoms with Gasteiger partial charge >= 0.3 is 0 Å². The number of pyridine rings is 1. The van der Waals surface area contributed by atoms with Gasteiger partial charge in [-0.2, -0.15) is 0 Å². The Balaban J connectivity index is 1.61. The molecular weight excluding hydrogens is 380 g/mol. The number of hydrogen-bond donors (Lipinski definition) is 3. The molecule has 4 rings (SSSR count). The zero-order chi connectivity index (χ0) is 21.6. The van der Waals surface area contributed by atoms with Crippen LogP contribution in [0, 0.1) is 5.92 Å². The molecule has 0 radical (unpaired) electrons. The highest BCUT2D eigenvalue weighted by molar-refractivity contribution is 5.66. The molecular formula is C27H32N4. The number of nitrogens with zero attached hydrogens (tertiary/aromatic N) is 1. The van der Waals surface area contributed by atoms with Crippen molar-refractivity contribution in [3.05, 3.63) is 89.6 Å². The van der Waals surface area contributed by atoms with Crippen LogP contribution < -0.4 is 16.8 Å². The van der Waals surface area contributed by atoms with E-state index in [-0.39, 0.29) is 6.04 Å². The van der Waals surface area contributed by atoms with E-state index in [1.165, 1.54) is 36.8 Å². The third-order valence-corrected chi connectivity index (χ3v) is 5.96. The Bertz CT molecular complexity index is 1040. The van der Waals surface area contributed by atoms with Crippen LogP contribution in [0.4, 0.5) is 11.5 Å². The van der Waals surface area contributed by atoms with Gasteiger partial charge in [-0.15, -0.1) is 0 Å². The molecule has 1 unspecified atom stereocenters. The van der Waals surface area contributed by atoms with E-state index in [1.54, 1.807) is 0 Å². The molecule has 1 atom stereocenters. The van der Waals surface area contributed by atoms with Crippen LogP contribution >= 0.6 is 0 Å². The number of nitrogens with two attached hydrogens (primary N) is 2. The number of aromatic nitrogens is 1. The minimum absolute atomic E-state index is 0.105. The normalized spacial score (nSPS) is 15.7. The van der Waals surface area contributed by atoms with Crippen molar-refractivity contribution in [2.45, 2.75) is 45.1 Å². The zero-order valence-electron chi connectivity index (χ0n) is 18.2. The maximum atomic E-state index is 6.39. The van der Waals surface area contributed by atoms with E-state index in [1.807, 2.05) is 24.3 Å². The van der Waals surface area contributed by atoms with E-state index in [0.717, 1.165) is 34.9 Å². The molecule has 1 saturated carbocycles. The van der Waals surface area contributed by atoms with Gasteiger partial charge in [0.05, 0.1) is 5.69 Å². The second-order valence-corrected chi connectivity index (χ2v) is 8.61. The quantitative estimate of drug-likeness (QED) is 0.432. The van der Waals surface area contributed by atoms with E-state index in [0.29, 0.717) is 5.92 Å². The SMILES string of the molecule is CC(/C=C(\N)C1CCCC1)Nc1cc(Cc2ccccc2)cc(-c2cccc(N)c2)n1. The maximum Gasteiger partial charge on any atom is 0.127 e. The molecule has 4 nitrogen and oxygen atoms in total. The first-order valence-corrected chi connectivity index (χ1v) is 11.2. The van der Waals surface area contributed by atoms with Gasteiger partial charge in [0.1, 0.15) is 5.82 Å². The van der Waals surface area contributed by atoms with Crippen molar-refractivity contribution in [1.82, 2.24) is 4.98 Å². The number of allylic oxidation sites excluding steroid dienone is 1. The molecule has 160 valence electrons. The molecule has 2 aromatic carbocycles. The average Bonchev–Trinajstić information content (AvgIpc) is 3.29. The summed E-state index contributed by atoms with van der Waals surface area (Å²) in [6.45, 7) is 2.13. The number of rotatable bonds is 7. The monoisotopic (exact) mass is 412 g/mol. The lowest BCUT2D eigenvalue weighted by Gasteiger charge is -2.17. The molecule has 0 bridgehead atoms. The second-order valence-electron chi connectivity index (χ2n) is 8.61. The summed E-state index contributed by atoms with van der Waals surface area (Å²) >= 11 is 0. The summed E-state index contributed by atoms with van der Waals surface area (Å²) in [5.41, 5.74) is 18.6. The van der Waals surface area contributed by atoms with E-state index >= 15 is 0 Å². The zero-order valence-corrected chi connectivity index (χ0v) is 18.2. The highest BCUT2D eigenvalue weighted by atomic mass is 15.0. The largest absolute Gasteiger partial charge is 0.402 e. The van der Waals surface area contributed by atoms with Gasteiger partial charge in [0.25, 0.3) is 0 Å². The van der Waals surface area contributed by atoms with Gasteiger partial charge < -0.3 is 16.8 Å². The van der Waals surface area contributed by atoms with Crippen LogP contribution in [0.1, 0.15) is 43.7 Å². The molecule has 5 N–H and O–H groups in total. The molecule has 1 fully saturated rings. The predicted octanol–water partition coefficient (Wildman–Crippen LogP) is 5.75. The lowest BCUT2D eigenvalue weighted by Crippen LogP contribution is -2.18. The van der Waals surface area contributed by atoms with Gasteiger partial charge in [0.2, 0.25) is 0 Å². The first kappa shape index (κ1) is 21.0. The van der Waals surface area contributed by atoms with Gasteiger partial charge in [-0.25, -0.2) is 4.98 Å². The summed E-state index contributed by atoms with van der Waals surface area (Å²) in [5, 5.41) is 3.55. The van der Waals surface area contributed by atoms with Crippen LogP contribution in [-0.4, -0.2) is 11.0 Å². The first-order chi connectivity index (χ1) is 15.1. The molecule has 0 amide bonds. The molecule has 4 heteroatoms. The summed E-state index contributed by atoms with van der Waals surface area (Å²) in [4.78, 5) is 4.89. The molecule has 31 heavy (non-hydrogen) atoms. The molecule has 0 saturated heterocycles. The summed E-state index contributed by atoms with van der Waals surface area (Å²) in [7, 11) is 0.